The molecule has 0 fully saturated rings. The van der Waals surface area contributed by atoms with E-state index in [2.05, 4.69) is 18.2 Å². The fourth-order valence-electron chi connectivity index (χ4n) is 1.64. The van der Waals surface area contributed by atoms with Crippen LogP contribution in [0.15, 0.2) is 18.2 Å². The maximum Gasteiger partial charge on any atom is 0.162 e. The smallest absolute Gasteiger partial charge is 0.162 e. The Morgan fingerprint density at radius 2 is 2.29 bits per heavy atom. The van der Waals surface area contributed by atoms with Crippen molar-refractivity contribution in [2.24, 2.45) is 0 Å². The molecule has 0 aliphatic carbocycles. The molecule has 0 amide bonds. The van der Waals surface area contributed by atoms with Crippen LogP contribution in [0, 0.1) is 12.3 Å². The summed E-state index contributed by atoms with van der Waals surface area (Å²) in [5.41, 5.74) is 0.792. The first-order valence-corrected chi connectivity index (χ1v) is 5.77. The molecule has 92 valence electrons. The van der Waals surface area contributed by atoms with E-state index in [1.807, 2.05) is 12.1 Å². The summed E-state index contributed by atoms with van der Waals surface area (Å²) in [6.07, 6.45) is 7.38. The third-order valence-corrected chi connectivity index (χ3v) is 2.62. The molecule has 17 heavy (non-hydrogen) atoms. The van der Waals surface area contributed by atoms with Crippen molar-refractivity contribution in [1.82, 2.24) is 5.32 Å². The molecule has 0 bridgehead atoms. The van der Waals surface area contributed by atoms with Gasteiger partial charge in [-0.05, 0) is 12.5 Å². The fourth-order valence-corrected chi connectivity index (χ4v) is 1.64. The summed E-state index contributed by atoms with van der Waals surface area (Å²) < 4.78 is 5.05. The standard InChI is InChI=1S/C14H19NO2/c1-4-7-12(5-2)15-10-11-8-6-9-13(17-3)14(11)16/h2,6,8-9,12,15-16H,4,7,10H2,1,3H3. The Morgan fingerprint density at radius 3 is 2.88 bits per heavy atom. The number of phenols is 1. The van der Waals surface area contributed by atoms with E-state index in [0.29, 0.717) is 12.3 Å². The number of para-hydroxylation sites is 1. The molecule has 0 aliphatic heterocycles. The molecule has 0 aromatic heterocycles. The van der Waals surface area contributed by atoms with Gasteiger partial charge in [-0.3, -0.25) is 5.32 Å². The molecule has 1 rings (SSSR count). The predicted molar refractivity (Wildman–Crippen MR) is 69.0 cm³/mol. The minimum atomic E-state index is 0.0469. The molecule has 2 N–H and O–H groups in total. The van der Waals surface area contributed by atoms with Gasteiger partial charge in [-0.15, -0.1) is 6.42 Å². The Bertz CT molecular complexity index is 396. The summed E-state index contributed by atoms with van der Waals surface area (Å²) in [5, 5.41) is 13.1. The molecule has 1 aromatic rings. The number of aromatic hydroxyl groups is 1. The molecule has 0 heterocycles. The van der Waals surface area contributed by atoms with Gasteiger partial charge in [-0.25, -0.2) is 0 Å². The van der Waals surface area contributed by atoms with E-state index >= 15 is 0 Å². The van der Waals surface area contributed by atoms with Crippen molar-refractivity contribution in [3.05, 3.63) is 23.8 Å². The Balaban J connectivity index is 2.66. The molecule has 0 saturated carbocycles. The lowest BCUT2D eigenvalue weighted by Gasteiger charge is -2.13. The Morgan fingerprint density at radius 1 is 1.53 bits per heavy atom. The highest BCUT2D eigenvalue weighted by Gasteiger charge is 2.08. The molecule has 1 atom stereocenters. The predicted octanol–water partition coefficient (Wildman–Crippen LogP) is 2.29. The summed E-state index contributed by atoms with van der Waals surface area (Å²) in [6.45, 7) is 2.63. The number of ether oxygens (including phenoxy) is 1. The van der Waals surface area contributed by atoms with Crippen LogP contribution in [0.3, 0.4) is 0 Å². The first-order valence-electron chi connectivity index (χ1n) is 5.77. The van der Waals surface area contributed by atoms with Crippen molar-refractivity contribution in [3.63, 3.8) is 0 Å². The summed E-state index contributed by atoms with van der Waals surface area (Å²) in [4.78, 5) is 0. The molecule has 0 spiro atoms. The van der Waals surface area contributed by atoms with Gasteiger partial charge in [0.1, 0.15) is 0 Å². The van der Waals surface area contributed by atoms with Crippen molar-refractivity contribution in [2.45, 2.75) is 32.4 Å². The number of benzene rings is 1. The highest BCUT2D eigenvalue weighted by atomic mass is 16.5. The van der Waals surface area contributed by atoms with E-state index in [1.165, 1.54) is 7.11 Å². The summed E-state index contributed by atoms with van der Waals surface area (Å²) in [5.74, 6) is 3.36. The van der Waals surface area contributed by atoms with E-state index in [9.17, 15) is 5.11 Å². The van der Waals surface area contributed by atoms with Gasteiger partial charge in [0, 0.05) is 12.1 Å². The second-order valence-corrected chi connectivity index (χ2v) is 3.86. The molecule has 1 aromatic carbocycles. The fraction of sp³-hybridized carbons (Fsp3) is 0.429. The van der Waals surface area contributed by atoms with Crippen molar-refractivity contribution >= 4 is 0 Å². The number of phenolic OH excluding ortho intramolecular Hbond substituents is 1. The van der Waals surface area contributed by atoms with Gasteiger partial charge in [-0.2, -0.15) is 0 Å². The molecule has 0 radical (unpaired) electrons. The van der Waals surface area contributed by atoms with Crippen LogP contribution in [0.4, 0.5) is 0 Å². The Hall–Kier alpha value is -1.66. The van der Waals surface area contributed by atoms with Gasteiger partial charge in [0.2, 0.25) is 0 Å². The van der Waals surface area contributed by atoms with Crippen molar-refractivity contribution in [1.29, 1.82) is 0 Å². The minimum absolute atomic E-state index is 0.0469. The van der Waals surface area contributed by atoms with E-state index in [4.69, 9.17) is 11.2 Å². The lowest BCUT2D eigenvalue weighted by Crippen LogP contribution is -2.26. The first kappa shape index (κ1) is 13.4. The van der Waals surface area contributed by atoms with Crippen molar-refractivity contribution in [3.8, 4) is 23.8 Å². The molecular formula is C14H19NO2. The van der Waals surface area contributed by atoms with Gasteiger partial charge in [0.05, 0.1) is 13.2 Å². The molecule has 0 saturated heterocycles. The minimum Gasteiger partial charge on any atom is -0.504 e. The number of methoxy groups -OCH3 is 1. The molecule has 0 aliphatic rings. The van der Waals surface area contributed by atoms with Crippen LogP contribution in [-0.2, 0) is 6.54 Å². The quantitative estimate of drug-likeness (QED) is 0.741. The normalized spacial score (nSPS) is 11.8. The van der Waals surface area contributed by atoms with Crippen molar-refractivity contribution in [2.75, 3.05) is 7.11 Å². The zero-order chi connectivity index (χ0) is 12.7. The summed E-state index contributed by atoms with van der Waals surface area (Å²) in [6, 6.07) is 5.47. The maximum absolute atomic E-state index is 9.89. The Kier molecular flexibility index (Phi) is 5.38. The van der Waals surface area contributed by atoms with Gasteiger partial charge in [-0.1, -0.05) is 31.4 Å². The lowest BCUT2D eigenvalue weighted by atomic mass is 10.1. The Labute approximate surface area is 103 Å². The van der Waals surface area contributed by atoms with Crippen LogP contribution in [0.5, 0.6) is 11.5 Å². The summed E-state index contributed by atoms with van der Waals surface area (Å²) in [7, 11) is 1.54. The van der Waals surface area contributed by atoms with Crippen LogP contribution >= 0.6 is 0 Å². The van der Waals surface area contributed by atoms with Gasteiger partial charge in [0.15, 0.2) is 11.5 Å². The van der Waals surface area contributed by atoms with E-state index in [-0.39, 0.29) is 11.8 Å². The van der Waals surface area contributed by atoms with E-state index < -0.39 is 0 Å². The van der Waals surface area contributed by atoms with Gasteiger partial charge in [0.25, 0.3) is 0 Å². The average Bonchev–Trinajstić information content (AvgIpc) is 2.36. The van der Waals surface area contributed by atoms with Crippen LogP contribution < -0.4 is 10.1 Å². The lowest BCUT2D eigenvalue weighted by molar-refractivity contribution is 0.369. The number of rotatable bonds is 6. The third kappa shape index (κ3) is 3.69. The van der Waals surface area contributed by atoms with Crippen LogP contribution in [-0.4, -0.2) is 18.3 Å². The zero-order valence-electron chi connectivity index (χ0n) is 10.4. The van der Waals surface area contributed by atoms with Gasteiger partial charge >= 0.3 is 0 Å². The van der Waals surface area contributed by atoms with Crippen LogP contribution in [0.2, 0.25) is 0 Å². The monoisotopic (exact) mass is 233 g/mol. The number of hydrogen-bond donors (Lipinski definition) is 2. The number of hydrogen-bond acceptors (Lipinski definition) is 3. The van der Waals surface area contributed by atoms with E-state index in [0.717, 1.165) is 18.4 Å². The first-order chi connectivity index (χ1) is 8.22. The largest absolute Gasteiger partial charge is 0.504 e. The average molecular weight is 233 g/mol. The second-order valence-electron chi connectivity index (χ2n) is 3.86. The summed E-state index contributed by atoms with van der Waals surface area (Å²) >= 11 is 0. The molecule has 1 unspecified atom stereocenters. The number of terminal acetylenes is 1. The number of nitrogens with one attached hydrogen (secondary N) is 1. The van der Waals surface area contributed by atoms with Crippen LogP contribution in [0.25, 0.3) is 0 Å². The van der Waals surface area contributed by atoms with Crippen molar-refractivity contribution < 1.29 is 9.84 Å². The highest BCUT2D eigenvalue weighted by molar-refractivity contribution is 5.45. The molecule has 3 heteroatoms. The zero-order valence-corrected chi connectivity index (χ0v) is 10.4. The highest BCUT2D eigenvalue weighted by Crippen LogP contribution is 2.29. The second kappa shape index (κ2) is 6.82. The van der Waals surface area contributed by atoms with Crippen LogP contribution in [0.1, 0.15) is 25.3 Å². The SMILES string of the molecule is C#CC(CCC)NCc1cccc(OC)c1O. The molecular weight excluding hydrogens is 214 g/mol. The topological polar surface area (TPSA) is 41.5 Å². The van der Waals surface area contributed by atoms with E-state index in [1.54, 1.807) is 6.07 Å². The third-order valence-electron chi connectivity index (χ3n) is 2.62. The maximum atomic E-state index is 9.89. The van der Waals surface area contributed by atoms with Gasteiger partial charge < -0.3 is 9.84 Å². The molecule has 3 nitrogen and oxygen atoms in total.